The van der Waals surface area contributed by atoms with E-state index in [2.05, 4.69) is 54.7 Å². The molecule has 202 valence electrons. The van der Waals surface area contributed by atoms with E-state index < -0.39 is 0 Å². The van der Waals surface area contributed by atoms with Gasteiger partial charge < -0.3 is 34.6 Å². The van der Waals surface area contributed by atoms with Crippen LogP contribution in [0.3, 0.4) is 0 Å². The summed E-state index contributed by atoms with van der Waals surface area (Å²) in [4.78, 5) is 13.8. The van der Waals surface area contributed by atoms with Gasteiger partial charge in [0.05, 0.1) is 38.8 Å². The van der Waals surface area contributed by atoms with Crippen molar-refractivity contribution in [1.29, 1.82) is 0 Å². The first kappa shape index (κ1) is 26.5. The maximum absolute atomic E-state index is 6.47. The molecule has 3 aromatic rings. The maximum atomic E-state index is 6.47. The Balaban J connectivity index is 1.29. The number of hydrogen-bond acceptors (Lipinski definition) is 9. The number of anilines is 5. The quantitative estimate of drug-likeness (QED) is 0.409. The lowest BCUT2D eigenvalue weighted by Gasteiger charge is -2.29. The molecule has 2 aliphatic rings. The highest BCUT2D eigenvalue weighted by Gasteiger charge is 2.17. The van der Waals surface area contributed by atoms with Gasteiger partial charge in [-0.05, 0) is 48.2 Å². The average Bonchev–Trinajstić information content (AvgIpc) is 3.16. The molecule has 2 aliphatic heterocycles. The molecule has 1 saturated heterocycles. The van der Waals surface area contributed by atoms with Gasteiger partial charge in [-0.15, -0.1) is 0 Å². The number of rotatable bonds is 9. The summed E-state index contributed by atoms with van der Waals surface area (Å²) in [6, 6.07) is 12.6. The van der Waals surface area contributed by atoms with Crippen molar-refractivity contribution in [3.05, 3.63) is 58.7 Å². The van der Waals surface area contributed by atoms with Crippen LogP contribution in [0.15, 0.2) is 42.6 Å². The van der Waals surface area contributed by atoms with Crippen LogP contribution >= 0.6 is 11.6 Å². The molecule has 2 N–H and O–H groups in total. The first-order valence-electron chi connectivity index (χ1n) is 13.0. The van der Waals surface area contributed by atoms with Crippen LogP contribution in [0.1, 0.15) is 11.1 Å². The van der Waals surface area contributed by atoms with E-state index in [0.29, 0.717) is 22.5 Å². The Bertz CT molecular complexity index is 1240. The van der Waals surface area contributed by atoms with Gasteiger partial charge in [0.2, 0.25) is 5.95 Å². The van der Waals surface area contributed by atoms with E-state index in [-0.39, 0.29) is 0 Å². The number of hydrogen-bond donors (Lipinski definition) is 2. The molecule has 0 unspecified atom stereocenters. The molecule has 1 aromatic heterocycles. The summed E-state index contributed by atoms with van der Waals surface area (Å²) in [6.45, 7) is 6.97. The van der Waals surface area contributed by atoms with Crippen molar-refractivity contribution >= 4 is 40.4 Å². The van der Waals surface area contributed by atoms with Gasteiger partial charge in [-0.2, -0.15) is 4.98 Å². The molecular formula is C28H35ClN6O3. The Labute approximate surface area is 229 Å². The van der Waals surface area contributed by atoms with E-state index in [0.717, 1.165) is 82.4 Å². The van der Waals surface area contributed by atoms with Crippen LogP contribution in [0.5, 0.6) is 5.75 Å². The minimum Gasteiger partial charge on any atom is -0.494 e. The first-order chi connectivity index (χ1) is 18.6. The molecule has 1 fully saturated rings. The molecule has 3 heterocycles. The molecule has 2 aromatic carbocycles. The fourth-order valence-corrected chi connectivity index (χ4v) is 5.00. The van der Waals surface area contributed by atoms with Gasteiger partial charge in [0.15, 0.2) is 5.82 Å². The summed E-state index contributed by atoms with van der Waals surface area (Å²) < 4.78 is 16.4. The zero-order chi connectivity index (χ0) is 26.3. The van der Waals surface area contributed by atoms with Gasteiger partial charge in [-0.1, -0.05) is 17.7 Å². The number of nitrogens with zero attached hydrogens (tertiary/aromatic N) is 4. The minimum absolute atomic E-state index is 0.424. The molecule has 0 saturated carbocycles. The van der Waals surface area contributed by atoms with Gasteiger partial charge in [0.25, 0.3) is 0 Å². The van der Waals surface area contributed by atoms with Gasteiger partial charge in [0, 0.05) is 57.3 Å². The number of benzene rings is 2. The Morgan fingerprint density at radius 2 is 1.79 bits per heavy atom. The Kier molecular flexibility index (Phi) is 8.80. The highest BCUT2D eigenvalue weighted by molar-refractivity contribution is 6.33. The van der Waals surface area contributed by atoms with Gasteiger partial charge in [-0.3, -0.25) is 0 Å². The number of ether oxygens (including phenoxy) is 3. The smallest absolute Gasteiger partial charge is 0.229 e. The monoisotopic (exact) mass is 538 g/mol. The molecule has 0 radical (unpaired) electrons. The van der Waals surface area contributed by atoms with Crippen molar-refractivity contribution in [2.24, 2.45) is 0 Å². The molecule has 0 aliphatic carbocycles. The Hall–Kier alpha value is -3.11. The summed E-state index contributed by atoms with van der Waals surface area (Å²) in [6.07, 6.45) is 3.64. The minimum atomic E-state index is 0.424. The summed E-state index contributed by atoms with van der Waals surface area (Å²) in [5, 5.41) is 7.09. The van der Waals surface area contributed by atoms with E-state index in [1.165, 1.54) is 11.1 Å². The van der Waals surface area contributed by atoms with E-state index in [9.17, 15) is 0 Å². The van der Waals surface area contributed by atoms with E-state index >= 15 is 0 Å². The third kappa shape index (κ3) is 6.47. The molecule has 0 bridgehead atoms. The third-order valence-corrected chi connectivity index (χ3v) is 7.30. The third-order valence-electron chi connectivity index (χ3n) is 7.03. The zero-order valence-electron chi connectivity index (χ0n) is 22.0. The van der Waals surface area contributed by atoms with Gasteiger partial charge in [0.1, 0.15) is 10.8 Å². The average molecular weight is 539 g/mol. The second-order valence-corrected chi connectivity index (χ2v) is 9.85. The van der Waals surface area contributed by atoms with Crippen LogP contribution in [0, 0.1) is 0 Å². The molecule has 38 heavy (non-hydrogen) atoms. The van der Waals surface area contributed by atoms with Gasteiger partial charge >= 0.3 is 0 Å². The number of halogens is 1. The maximum Gasteiger partial charge on any atom is 0.229 e. The molecular weight excluding hydrogens is 504 g/mol. The largest absolute Gasteiger partial charge is 0.494 e. The highest BCUT2D eigenvalue weighted by atomic mass is 35.5. The number of methoxy groups -OCH3 is 2. The summed E-state index contributed by atoms with van der Waals surface area (Å²) in [5.41, 5.74) is 5.57. The van der Waals surface area contributed by atoms with E-state index in [1.807, 2.05) is 12.1 Å². The summed E-state index contributed by atoms with van der Waals surface area (Å²) in [7, 11) is 3.41. The second kappa shape index (κ2) is 12.6. The van der Waals surface area contributed by atoms with Crippen molar-refractivity contribution in [3.8, 4) is 5.75 Å². The van der Waals surface area contributed by atoms with Crippen LogP contribution in [0.4, 0.5) is 28.8 Å². The summed E-state index contributed by atoms with van der Waals surface area (Å²) >= 11 is 6.47. The predicted molar refractivity (Wildman–Crippen MR) is 152 cm³/mol. The van der Waals surface area contributed by atoms with Crippen molar-refractivity contribution in [1.82, 2.24) is 14.9 Å². The topological polar surface area (TPSA) is 84.0 Å². The lowest BCUT2D eigenvalue weighted by atomic mass is 10.0. The number of morpholine rings is 1. The standard InChI is InChI=1S/C28H35ClN6O3/c1-36-14-11-34-9-7-20-3-4-22(17-21(20)8-10-34)31-28-30-19-24(29)27(33-28)32-25-6-5-23(18-26(25)37-2)35-12-15-38-16-13-35/h3-6,17-19H,7-16H2,1-2H3,(H2,30,31,32,33). The number of fused-ring (bicyclic) bond motifs is 1. The fraction of sp³-hybridized carbons (Fsp3) is 0.429. The van der Waals surface area contributed by atoms with Crippen molar-refractivity contribution in [2.75, 3.05) is 82.3 Å². The number of nitrogens with one attached hydrogen (secondary N) is 2. The summed E-state index contributed by atoms with van der Waals surface area (Å²) in [5.74, 6) is 1.68. The highest BCUT2D eigenvalue weighted by Crippen LogP contribution is 2.34. The molecule has 10 heteroatoms. The Morgan fingerprint density at radius 1 is 0.974 bits per heavy atom. The fourth-order valence-electron chi connectivity index (χ4n) is 4.87. The lowest BCUT2D eigenvalue weighted by Crippen LogP contribution is -2.36. The van der Waals surface area contributed by atoms with E-state index in [1.54, 1.807) is 20.4 Å². The first-order valence-corrected chi connectivity index (χ1v) is 13.4. The molecule has 9 nitrogen and oxygen atoms in total. The Morgan fingerprint density at radius 3 is 2.58 bits per heavy atom. The molecule has 0 spiro atoms. The number of aromatic nitrogens is 2. The normalized spacial score (nSPS) is 16.0. The van der Waals surface area contributed by atoms with Crippen LogP contribution < -0.4 is 20.3 Å². The van der Waals surface area contributed by atoms with Crippen molar-refractivity contribution in [2.45, 2.75) is 12.8 Å². The second-order valence-electron chi connectivity index (χ2n) is 9.44. The van der Waals surface area contributed by atoms with Gasteiger partial charge in [-0.25, -0.2) is 4.98 Å². The van der Waals surface area contributed by atoms with E-state index in [4.69, 9.17) is 25.8 Å². The van der Waals surface area contributed by atoms with Crippen LogP contribution in [0.25, 0.3) is 0 Å². The molecule has 0 atom stereocenters. The van der Waals surface area contributed by atoms with Crippen LogP contribution in [-0.2, 0) is 22.3 Å². The molecule has 5 rings (SSSR count). The van der Waals surface area contributed by atoms with Crippen molar-refractivity contribution < 1.29 is 14.2 Å². The molecule has 0 amide bonds. The zero-order valence-corrected chi connectivity index (χ0v) is 22.8. The van der Waals surface area contributed by atoms with Crippen LogP contribution in [0.2, 0.25) is 5.02 Å². The lowest BCUT2D eigenvalue weighted by molar-refractivity contribution is 0.122. The van der Waals surface area contributed by atoms with Crippen LogP contribution in [-0.4, -0.2) is 81.6 Å². The van der Waals surface area contributed by atoms with Crippen molar-refractivity contribution in [3.63, 3.8) is 0 Å². The predicted octanol–water partition coefficient (Wildman–Crippen LogP) is 4.51. The SMILES string of the molecule is COCCN1CCc2ccc(Nc3ncc(Cl)c(Nc4ccc(N5CCOCC5)cc4OC)n3)cc2CC1.